The van der Waals surface area contributed by atoms with E-state index < -0.39 is 0 Å². The molecule has 0 aliphatic carbocycles. The molecule has 0 spiro atoms. The molecule has 1 aromatic carbocycles. The number of carbonyl (C=O) groups excluding carboxylic acids is 2. The molecule has 5 nitrogen and oxygen atoms in total. The molecule has 2 rings (SSSR count). The lowest BCUT2D eigenvalue weighted by Crippen LogP contribution is -2.41. The molecule has 1 fully saturated rings. The average molecular weight is 359 g/mol. The first kappa shape index (κ1) is 19.8. The highest BCUT2D eigenvalue weighted by molar-refractivity contribution is 7.99. The summed E-state index contributed by atoms with van der Waals surface area (Å²) in [6.45, 7) is 3.59. The van der Waals surface area contributed by atoms with Gasteiger partial charge in [0.15, 0.2) is 0 Å². The molecule has 7 heteroatoms. The van der Waals surface area contributed by atoms with Crippen LogP contribution < -0.4 is 10.6 Å². The van der Waals surface area contributed by atoms with Crippen LogP contribution in [0.2, 0.25) is 0 Å². The van der Waals surface area contributed by atoms with Crippen molar-refractivity contribution >= 4 is 36.0 Å². The van der Waals surface area contributed by atoms with Gasteiger partial charge in [-0.3, -0.25) is 4.79 Å². The van der Waals surface area contributed by atoms with Crippen molar-refractivity contribution < 1.29 is 14.3 Å². The van der Waals surface area contributed by atoms with Crippen LogP contribution >= 0.6 is 24.2 Å². The van der Waals surface area contributed by atoms with E-state index in [4.69, 9.17) is 4.74 Å². The number of esters is 1. The van der Waals surface area contributed by atoms with Gasteiger partial charge < -0.3 is 15.4 Å². The summed E-state index contributed by atoms with van der Waals surface area (Å²) in [4.78, 5) is 23.5. The Morgan fingerprint density at radius 3 is 2.70 bits per heavy atom. The van der Waals surface area contributed by atoms with E-state index in [1.54, 1.807) is 19.1 Å². The average Bonchev–Trinajstić information content (AvgIpc) is 2.54. The van der Waals surface area contributed by atoms with Crippen LogP contribution in [0.5, 0.6) is 0 Å². The van der Waals surface area contributed by atoms with Gasteiger partial charge in [-0.1, -0.05) is 12.1 Å². The number of benzene rings is 1. The normalized spacial score (nSPS) is 17.0. The van der Waals surface area contributed by atoms with Crippen molar-refractivity contribution in [2.45, 2.75) is 25.9 Å². The highest BCUT2D eigenvalue weighted by atomic mass is 35.5. The smallest absolute Gasteiger partial charge is 0.338 e. The fourth-order valence-corrected chi connectivity index (χ4v) is 3.17. The quantitative estimate of drug-likeness (QED) is 0.761. The van der Waals surface area contributed by atoms with Crippen molar-refractivity contribution in [1.82, 2.24) is 10.6 Å². The fourth-order valence-electron chi connectivity index (χ4n) is 2.22. The van der Waals surface area contributed by atoms with Gasteiger partial charge >= 0.3 is 5.97 Å². The molecule has 1 amide bonds. The number of thioether (sulfide) groups is 1. The van der Waals surface area contributed by atoms with Gasteiger partial charge in [-0.15, -0.1) is 12.4 Å². The molecule has 1 aliphatic rings. The Labute approximate surface area is 147 Å². The largest absolute Gasteiger partial charge is 0.462 e. The summed E-state index contributed by atoms with van der Waals surface area (Å²) in [6.07, 6.45) is 0.508. The van der Waals surface area contributed by atoms with Gasteiger partial charge in [0.25, 0.3) is 0 Å². The van der Waals surface area contributed by atoms with Crippen molar-refractivity contribution in [3.63, 3.8) is 0 Å². The van der Waals surface area contributed by atoms with Crippen LogP contribution in [0, 0.1) is 0 Å². The van der Waals surface area contributed by atoms with Crippen molar-refractivity contribution in [2.75, 3.05) is 24.7 Å². The third-order valence-electron chi connectivity index (χ3n) is 3.38. The number of hydrogen-bond acceptors (Lipinski definition) is 5. The van der Waals surface area contributed by atoms with E-state index in [-0.39, 0.29) is 30.3 Å². The summed E-state index contributed by atoms with van der Waals surface area (Å²) in [7, 11) is 0. The second-order valence-corrected chi connectivity index (χ2v) is 6.27. The predicted molar refractivity (Wildman–Crippen MR) is 95.2 cm³/mol. The van der Waals surface area contributed by atoms with E-state index >= 15 is 0 Å². The molecule has 1 unspecified atom stereocenters. The van der Waals surface area contributed by atoms with Gasteiger partial charge in [0, 0.05) is 37.1 Å². The van der Waals surface area contributed by atoms with Crippen LogP contribution in [0.4, 0.5) is 0 Å². The van der Waals surface area contributed by atoms with E-state index in [2.05, 4.69) is 10.6 Å². The molecule has 2 N–H and O–H groups in total. The first-order valence-corrected chi connectivity index (χ1v) is 8.68. The lowest BCUT2D eigenvalue weighted by molar-refractivity contribution is -0.121. The number of amides is 1. The van der Waals surface area contributed by atoms with E-state index in [1.807, 2.05) is 23.9 Å². The molecule has 0 aromatic heterocycles. The monoisotopic (exact) mass is 358 g/mol. The summed E-state index contributed by atoms with van der Waals surface area (Å²) in [5, 5.41) is 6.26. The molecule has 1 heterocycles. The second kappa shape index (κ2) is 10.5. The second-order valence-electron chi connectivity index (χ2n) is 5.12. The number of carbonyl (C=O) groups is 2. The standard InChI is InChI=1S/C16H22N2O3S.ClH/c1-2-21-16(20)13-5-3-12(4-6-13)10-18-15(19)9-14-11-22-8-7-17-14;/h3-6,14,17H,2,7-11H2,1H3,(H,18,19);1H. The van der Waals surface area contributed by atoms with Crippen LogP contribution in [-0.2, 0) is 16.1 Å². The van der Waals surface area contributed by atoms with Crippen LogP contribution in [0.1, 0.15) is 29.3 Å². The maximum Gasteiger partial charge on any atom is 0.338 e. The molecule has 128 valence electrons. The van der Waals surface area contributed by atoms with Gasteiger partial charge in [-0.25, -0.2) is 4.79 Å². The van der Waals surface area contributed by atoms with E-state index in [1.165, 1.54) is 0 Å². The Kier molecular flexibility index (Phi) is 9.06. The van der Waals surface area contributed by atoms with Gasteiger partial charge in [0.05, 0.1) is 12.2 Å². The third kappa shape index (κ3) is 6.81. The van der Waals surface area contributed by atoms with Crippen LogP contribution in [0.3, 0.4) is 0 Å². The summed E-state index contributed by atoms with van der Waals surface area (Å²) < 4.78 is 4.93. The van der Waals surface area contributed by atoms with E-state index in [0.29, 0.717) is 25.1 Å². The Morgan fingerprint density at radius 1 is 1.35 bits per heavy atom. The van der Waals surface area contributed by atoms with Gasteiger partial charge in [0.2, 0.25) is 5.91 Å². The molecule has 0 saturated carbocycles. The Balaban J connectivity index is 0.00000264. The topological polar surface area (TPSA) is 67.4 Å². The minimum absolute atomic E-state index is 0. The van der Waals surface area contributed by atoms with Crippen molar-refractivity contribution in [3.05, 3.63) is 35.4 Å². The Hall–Kier alpha value is -1.24. The number of halogens is 1. The molecule has 1 saturated heterocycles. The van der Waals surface area contributed by atoms with Gasteiger partial charge in [-0.2, -0.15) is 11.8 Å². The molecule has 1 aromatic rings. The van der Waals surface area contributed by atoms with E-state index in [0.717, 1.165) is 23.6 Å². The molecule has 23 heavy (non-hydrogen) atoms. The summed E-state index contributed by atoms with van der Waals surface area (Å²) >= 11 is 1.88. The SMILES string of the molecule is CCOC(=O)c1ccc(CNC(=O)CC2CSCCN2)cc1.Cl. The van der Waals surface area contributed by atoms with Crippen molar-refractivity contribution in [2.24, 2.45) is 0 Å². The maximum atomic E-state index is 11.9. The lowest BCUT2D eigenvalue weighted by Gasteiger charge is -2.22. The predicted octanol–water partition coefficient (Wildman–Crippen LogP) is 2.00. The van der Waals surface area contributed by atoms with Crippen LogP contribution in [0.25, 0.3) is 0 Å². The molecule has 0 bridgehead atoms. The maximum absolute atomic E-state index is 11.9. The molecule has 0 radical (unpaired) electrons. The first-order valence-electron chi connectivity index (χ1n) is 7.53. The fraction of sp³-hybridized carbons (Fsp3) is 0.500. The minimum atomic E-state index is -0.320. The number of rotatable bonds is 6. The van der Waals surface area contributed by atoms with E-state index in [9.17, 15) is 9.59 Å². The zero-order valence-corrected chi connectivity index (χ0v) is 14.8. The molecular formula is C16H23ClN2O3S. The third-order valence-corrected chi connectivity index (χ3v) is 4.52. The summed E-state index contributed by atoms with van der Waals surface area (Å²) in [6, 6.07) is 7.38. The Bertz CT molecular complexity index is 505. The number of nitrogens with one attached hydrogen (secondary N) is 2. The zero-order valence-electron chi connectivity index (χ0n) is 13.2. The molecule has 1 atom stereocenters. The first-order chi connectivity index (χ1) is 10.7. The van der Waals surface area contributed by atoms with Gasteiger partial charge in [-0.05, 0) is 24.6 Å². The number of ether oxygens (including phenoxy) is 1. The Morgan fingerprint density at radius 2 is 2.09 bits per heavy atom. The van der Waals surface area contributed by atoms with Gasteiger partial charge in [0.1, 0.15) is 0 Å². The number of hydrogen-bond donors (Lipinski definition) is 2. The summed E-state index contributed by atoms with van der Waals surface area (Å²) in [5.74, 6) is 1.83. The van der Waals surface area contributed by atoms with Crippen molar-refractivity contribution in [1.29, 1.82) is 0 Å². The summed E-state index contributed by atoms with van der Waals surface area (Å²) in [5.41, 5.74) is 1.49. The highest BCUT2D eigenvalue weighted by Crippen LogP contribution is 2.10. The highest BCUT2D eigenvalue weighted by Gasteiger charge is 2.16. The lowest BCUT2D eigenvalue weighted by atomic mass is 10.1. The zero-order chi connectivity index (χ0) is 15.8. The van der Waals surface area contributed by atoms with Crippen LogP contribution in [0.15, 0.2) is 24.3 Å². The van der Waals surface area contributed by atoms with Crippen molar-refractivity contribution in [3.8, 4) is 0 Å². The molecular weight excluding hydrogens is 336 g/mol. The molecule has 1 aliphatic heterocycles. The minimum Gasteiger partial charge on any atom is -0.462 e. The van der Waals surface area contributed by atoms with Crippen LogP contribution in [-0.4, -0.2) is 42.6 Å².